The van der Waals surface area contributed by atoms with E-state index >= 15 is 0 Å². The molecule has 1 nitrogen and oxygen atoms in total. The van der Waals surface area contributed by atoms with Gasteiger partial charge in [-0.05, 0) is 31.3 Å². The lowest BCUT2D eigenvalue weighted by atomic mass is 9.83. The van der Waals surface area contributed by atoms with Crippen LogP contribution in [0.3, 0.4) is 0 Å². The first kappa shape index (κ1) is 9.50. The summed E-state index contributed by atoms with van der Waals surface area (Å²) in [6.07, 6.45) is 10.4. The summed E-state index contributed by atoms with van der Waals surface area (Å²) in [5, 5.41) is 0. The topological polar surface area (TPSA) is 17.1 Å². The van der Waals surface area contributed by atoms with Gasteiger partial charge in [-0.15, -0.1) is 0 Å². The molecule has 1 aliphatic rings. The van der Waals surface area contributed by atoms with Gasteiger partial charge in [0, 0.05) is 0 Å². The predicted octanol–water partition coefficient (Wildman–Crippen LogP) is 3.10. The van der Waals surface area contributed by atoms with Crippen LogP contribution >= 0.6 is 0 Å². The molecular formula is C11H18O. The highest BCUT2D eigenvalue weighted by atomic mass is 16.1. The maximum absolute atomic E-state index is 10.3. The maximum atomic E-state index is 10.3. The molecule has 0 aliphatic heterocycles. The standard InChI is InChI=1S/C11H18O/c1-2-10(8-9-12)11-6-4-3-5-7-11/h8-9,11H,2-7H2,1H3/b10-8-. The number of carbonyl (C=O) groups is 1. The maximum Gasteiger partial charge on any atom is 0.142 e. The van der Waals surface area contributed by atoms with E-state index in [9.17, 15) is 4.79 Å². The molecule has 1 rings (SSSR count). The largest absolute Gasteiger partial charge is 0.299 e. The minimum atomic E-state index is 0.717. The summed E-state index contributed by atoms with van der Waals surface area (Å²) in [5.41, 5.74) is 1.37. The highest BCUT2D eigenvalue weighted by Crippen LogP contribution is 2.30. The number of aldehydes is 1. The van der Waals surface area contributed by atoms with Gasteiger partial charge < -0.3 is 0 Å². The Kier molecular flexibility index (Phi) is 4.06. The molecule has 1 aliphatic carbocycles. The molecular weight excluding hydrogens is 148 g/mol. The van der Waals surface area contributed by atoms with Crippen LogP contribution in [0, 0.1) is 5.92 Å². The van der Waals surface area contributed by atoms with Crippen molar-refractivity contribution in [3.05, 3.63) is 11.6 Å². The highest BCUT2D eigenvalue weighted by molar-refractivity contribution is 5.66. The lowest BCUT2D eigenvalue weighted by Crippen LogP contribution is -2.08. The van der Waals surface area contributed by atoms with Crippen LogP contribution in [-0.4, -0.2) is 6.29 Å². The van der Waals surface area contributed by atoms with Crippen LogP contribution < -0.4 is 0 Å². The van der Waals surface area contributed by atoms with Gasteiger partial charge in [-0.1, -0.05) is 31.8 Å². The first-order chi connectivity index (χ1) is 5.88. The zero-order valence-electron chi connectivity index (χ0n) is 7.88. The fraction of sp³-hybridized carbons (Fsp3) is 0.727. The van der Waals surface area contributed by atoms with Gasteiger partial charge in [0.2, 0.25) is 0 Å². The van der Waals surface area contributed by atoms with Crippen molar-refractivity contribution in [2.24, 2.45) is 5.92 Å². The second-order valence-electron chi connectivity index (χ2n) is 3.57. The van der Waals surface area contributed by atoms with E-state index in [1.54, 1.807) is 6.08 Å². The number of allylic oxidation sites excluding steroid dienone is 2. The zero-order valence-corrected chi connectivity index (χ0v) is 7.88. The number of hydrogen-bond acceptors (Lipinski definition) is 1. The molecule has 0 aromatic heterocycles. The van der Waals surface area contributed by atoms with Crippen molar-refractivity contribution in [3.63, 3.8) is 0 Å². The minimum absolute atomic E-state index is 0.717. The lowest BCUT2D eigenvalue weighted by molar-refractivity contribution is -0.104. The third kappa shape index (κ3) is 2.47. The highest BCUT2D eigenvalue weighted by Gasteiger charge is 2.15. The summed E-state index contributed by atoms with van der Waals surface area (Å²) in [6, 6.07) is 0. The van der Waals surface area contributed by atoms with E-state index in [-0.39, 0.29) is 0 Å². The van der Waals surface area contributed by atoms with Crippen molar-refractivity contribution in [2.75, 3.05) is 0 Å². The molecule has 0 saturated heterocycles. The van der Waals surface area contributed by atoms with Crippen LogP contribution in [0.4, 0.5) is 0 Å². The van der Waals surface area contributed by atoms with Gasteiger partial charge in [-0.3, -0.25) is 4.79 Å². The predicted molar refractivity (Wildman–Crippen MR) is 51.0 cm³/mol. The van der Waals surface area contributed by atoms with Crippen molar-refractivity contribution in [3.8, 4) is 0 Å². The average molecular weight is 166 g/mol. The summed E-state index contributed by atoms with van der Waals surface area (Å²) < 4.78 is 0. The normalized spacial score (nSPS) is 20.9. The number of rotatable bonds is 3. The Hall–Kier alpha value is -0.590. The van der Waals surface area contributed by atoms with E-state index in [2.05, 4.69) is 6.92 Å². The third-order valence-electron chi connectivity index (χ3n) is 2.82. The molecule has 0 atom stereocenters. The fourth-order valence-corrected chi connectivity index (χ4v) is 2.10. The summed E-state index contributed by atoms with van der Waals surface area (Å²) in [6.45, 7) is 2.14. The van der Waals surface area contributed by atoms with Crippen LogP contribution in [0.2, 0.25) is 0 Å². The van der Waals surface area contributed by atoms with Gasteiger partial charge in [0.1, 0.15) is 6.29 Å². The molecule has 0 amide bonds. The Morgan fingerprint density at radius 1 is 1.33 bits per heavy atom. The van der Waals surface area contributed by atoms with Crippen molar-refractivity contribution in [1.82, 2.24) is 0 Å². The molecule has 0 radical (unpaired) electrons. The second kappa shape index (κ2) is 5.13. The van der Waals surface area contributed by atoms with E-state index in [1.807, 2.05) is 0 Å². The van der Waals surface area contributed by atoms with E-state index in [0.717, 1.165) is 12.7 Å². The average Bonchev–Trinajstić information content (AvgIpc) is 2.15. The van der Waals surface area contributed by atoms with E-state index < -0.39 is 0 Å². The van der Waals surface area contributed by atoms with Crippen molar-refractivity contribution < 1.29 is 4.79 Å². The van der Waals surface area contributed by atoms with Crippen molar-refractivity contribution >= 4 is 6.29 Å². The Labute approximate surface area is 74.9 Å². The Bertz CT molecular complexity index is 164. The molecule has 0 bridgehead atoms. The monoisotopic (exact) mass is 166 g/mol. The third-order valence-corrected chi connectivity index (χ3v) is 2.82. The van der Waals surface area contributed by atoms with Gasteiger partial charge in [0.05, 0.1) is 0 Å². The summed E-state index contributed by atoms with van der Waals surface area (Å²) in [7, 11) is 0. The first-order valence-electron chi connectivity index (χ1n) is 5.02. The van der Waals surface area contributed by atoms with E-state index in [0.29, 0.717) is 5.92 Å². The van der Waals surface area contributed by atoms with Crippen LogP contribution in [-0.2, 0) is 4.79 Å². The minimum Gasteiger partial charge on any atom is -0.299 e. The summed E-state index contributed by atoms with van der Waals surface area (Å²) >= 11 is 0. The second-order valence-corrected chi connectivity index (χ2v) is 3.57. The fourth-order valence-electron chi connectivity index (χ4n) is 2.10. The van der Waals surface area contributed by atoms with Gasteiger partial charge >= 0.3 is 0 Å². The zero-order chi connectivity index (χ0) is 8.81. The number of carbonyl (C=O) groups excluding carboxylic acids is 1. The molecule has 0 aromatic rings. The Morgan fingerprint density at radius 2 is 2.00 bits per heavy atom. The molecule has 0 N–H and O–H groups in total. The van der Waals surface area contributed by atoms with Gasteiger partial charge in [0.15, 0.2) is 0 Å². The van der Waals surface area contributed by atoms with E-state index in [4.69, 9.17) is 0 Å². The summed E-state index contributed by atoms with van der Waals surface area (Å²) in [5.74, 6) is 0.717. The van der Waals surface area contributed by atoms with Crippen LogP contribution in [0.15, 0.2) is 11.6 Å². The lowest BCUT2D eigenvalue weighted by Gasteiger charge is -2.23. The molecule has 0 unspecified atom stereocenters. The van der Waals surface area contributed by atoms with Gasteiger partial charge in [-0.2, -0.15) is 0 Å². The smallest absolute Gasteiger partial charge is 0.142 e. The van der Waals surface area contributed by atoms with Crippen molar-refractivity contribution in [1.29, 1.82) is 0 Å². The molecule has 0 aromatic carbocycles. The van der Waals surface area contributed by atoms with Gasteiger partial charge in [0.25, 0.3) is 0 Å². The Balaban J connectivity index is 2.51. The van der Waals surface area contributed by atoms with Crippen LogP contribution in [0.25, 0.3) is 0 Å². The molecule has 68 valence electrons. The van der Waals surface area contributed by atoms with Crippen LogP contribution in [0.1, 0.15) is 45.4 Å². The molecule has 0 heterocycles. The van der Waals surface area contributed by atoms with Gasteiger partial charge in [-0.25, -0.2) is 0 Å². The molecule has 1 fully saturated rings. The van der Waals surface area contributed by atoms with Crippen LogP contribution in [0.5, 0.6) is 0 Å². The Morgan fingerprint density at radius 3 is 2.50 bits per heavy atom. The molecule has 1 heteroatoms. The quantitative estimate of drug-likeness (QED) is 0.465. The first-order valence-corrected chi connectivity index (χ1v) is 5.02. The van der Waals surface area contributed by atoms with Crippen molar-refractivity contribution in [2.45, 2.75) is 45.4 Å². The SMILES string of the molecule is CC/C(=C/C=O)C1CCCCC1. The molecule has 0 spiro atoms. The number of hydrogen-bond donors (Lipinski definition) is 0. The molecule has 12 heavy (non-hydrogen) atoms. The summed E-state index contributed by atoms with van der Waals surface area (Å²) in [4.78, 5) is 10.3. The molecule has 1 saturated carbocycles. The van der Waals surface area contributed by atoms with E-state index in [1.165, 1.54) is 37.7 Å².